The fraction of sp³-hybridized carbons (Fsp3) is 1.00. The maximum atomic E-state index is 5.88. The molecule has 0 aromatic carbocycles. The van der Waals surface area contributed by atoms with Crippen LogP contribution in [0.25, 0.3) is 0 Å². The highest BCUT2D eigenvalue weighted by atomic mass is 35.5. The lowest BCUT2D eigenvalue weighted by Gasteiger charge is -2.03. The van der Waals surface area contributed by atoms with E-state index in [2.05, 4.69) is 13.8 Å². The van der Waals surface area contributed by atoms with E-state index < -0.39 is 0 Å². The lowest BCUT2D eigenvalue weighted by molar-refractivity contribution is 0.555. The molecule has 3 N–H and O–H groups in total. The molecule has 0 aliphatic rings. The zero-order chi connectivity index (χ0) is 10.6. The zero-order valence-electron chi connectivity index (χ0n) is 10.7. The third kappa shape index (κ3) is 16.9. The van der Waals surface area contributed by atoms with E-state index in [1.807, 2.05) is 0 Å². The van der Waals surface area contributed by atoms with Gasteiger partial charge in [-0.05, 0) is 13.3 Å². The topological polar surface area (TPSA) is 35.0 Å². The number of alkyl halides is 1. The average molecular weight is 236 g/mol. The van der Waals surface area contributed by atoms with Crippen molar-refractivity contribution in [2.24, 2.45) is 0 Å². The van der Waals surface area contributed by atoms with Gasteiger partial charge in [0.2, 0.25) is 0 Å². The van der Waals surface area contributed by atoms with Crippen LogP contribution < -0.4 is 6.15 Å². The quantitative estimate of drug-likeness (QED) is 0.383. The molecule has 94 valence electrons. The van der Waals surface area contributed by atoms with Gasteiger partial charge in [-0.25, -0.2) is 0 Å². The van der Waals surface area contributed by atoms with E-state index in [1.165, 1.54) is 64.2 Å². The van der Waals surface area contributed by atoms with Gasteiger partial charge in [0.1, 0.15) is 0 Å². The van der Waals surface area contributed by atoms with E-state index >= 15 is 0 Å². The van der Waals surface area contributed by atoms with Crippen LogP contribution in [0.15, 0.2) is 0 Å². The van der Waals surface area contributed by atoms with Crippen molar-refractivity contribution in [1.29, 1.82) is 0 Å². The minimum atomic E-state index is 0. The highest BCUT2D eigenvalue weighted by Gasteiger charge is 1.96. The van der Waals surface area contributed by atoms with Crippen LogP contribution in [0.4, 0.5) is 0 Å². The number of halogens is 1. The van der Waals surface area contributed by atoms with Crippen LogP contribution in [0, 0.1) is 0 Å². The summed E-state index contributed by atoms with van der Waals surface area (Å²) in [5, 5.41) is 0.375. The summed E-state index contributed by atoms with van der Waals surface area (Å²) in [4.78, 5) is 0. The summed E-state index contributed by atoms with van der Waals surface area (Å²) >= 11 is 5.88. The summed E-state index contributed by atoms with van der Waals surface area (Å²) in [6.45, 7) is 4.36. The molecule has 0 aromatic heterocycles. The van der Waals surface area contributed by atoms with Gasteiger partial charge in [-0.3, -0.25) is 0 Å². The first-order chi connectivity index (χ1) is 6.77. The van der Waals surface area contributed by atoms with Gasteiger partial charge < -0.3 is 6.15 Å². The Kier molecular flexibility index (Phi) is 16.8. The Morgan fingerprint density at radius 3 is 1.60 bits per heavy atom. The normalized spacial score (nSPS) is 12.2. The van der Waals surface area contributed by atoms with Crippen LogP contribution in [0.3, 0.4) is 0 Å². The van der Waals surface area contributed by atoms with E-state index in [-0.39, 0.29) is 6.15 Å². The molecule has 1 unspecified atom stereocenters. The second-order valence-electron chi connectivity index (χ2n) is 4.40. The Labute approximate surface area is 102 Å². The Morgan fingerprint density at radius 1 is 0.800 bits per heavy atom. The van der Waals surface area contributed by atoms with Gasteiger partial charge in [-0.2, -0.15) is 0 Å². The van der Waals surface area contributed by atoms with E-state index in [0.717, 1.165) is 0 Å². The van der Waals surface area contributed by atoms with Crippen molar-refractivity contribution in [3.05, 3.63) is 0 Å². The first kappa shape index (κ1) is 17.6. The minimum absolute atomic E-state index is 0. The van der Waals surface area contributed by atoms with Gasteiger partial charge in [-0.15, -0.1) is 11.6 Å². The minimum Gasteiger partial charge on any atom is -0.344 e. The summed E-state index contributed by atoms with van der Waals surface area (Å²) in [7, 11) is 0. The molecule has 0 saturated carbocycles. The lowest BCUT2D eigenvalue weighted by atomic mass is 10.1. The molecule has 1 nitrogen and oxygen atoms in total. The van der Waals surface area contributed by atoms with Crippen LogP contribution in [0.2, 0.25) is 0 Å². The Morgan fingerprint density at radius 2 is 1.20 bits per heavy atom. The van der Waals surface area contributed by atoms with Gasteiger partial charge in [0.15, 0.2) is 0 Å². The number of hydrogen-bond acceptors (Lipinski definition) is 1. The molecule has 1 atom stereocenters. The number of unbranched alkanes of at least 4 members (excludes halogenated alkanes) is 8. The fourth-order valence-electron chi connectivity index (χ4n) is 1.74. The summed E-state index contributed by atoms with van der Waals surface area (Å²) in [5.74, 6) is 0. The zero-order valence-corrected chi connectivity index (χ0v) is 11.5. The Balaban J connectivity index is 0. The second-order valence-corrected chi connectivity index (χ2v) is 5.14. The van der Waals surface area contributed by atoms with Gasteiger partial charge in [-0.1, -0.05) is 64.7 Å². The van der Waals surface area contributed by atoms with Crippen molar-refractivity contribution in [1.82, 2.24) is 6.15 Å². The molecule has 0 aliphatic heterocycles. The molecule has 0 aliphatic carbocycles. The first-order valence-corrected chi connectivity index (χ1v) is 6.85. The summed E-state index contributed by atoms with van der Waals surface area (Å²) in [6, 6.07) is 0. The largest absolute Gasteiger partial charge is 0.344 e. The van der Waals surface area contributed by atoms with Crippen molar-refractivity contribution >= 4 is 11.6 Å². The lowest BCUT2D eigenvalue weighted by Crippen LogP contribution is -1.90. The number of hydrogen-bond donors (Lipinski definition) is 1. The van der Waals surface area contributed by atoms with E-state index in [4.69, 9.17) is 11.6 Å². The molecule has 15 heavy (non-hydrogen) atoms. The van der Waals surface area contributed by atoms with Crippen molar-refractivity contribution in [2.45, 2.75) is 83.4 Å². The molecule has 0 amide bonds. The molecule has 0 aromatic rings. The Hall–Kier alpha value is 0.250. The molecule has 0 spiro atoms. The molecule has 2 heteroatoms. The molecular weight excluding hydrogens is 206 g/mol. The molecule has 0 rings (SSSR count). The number of rotatable bonds is 10. The third-order valence-electron chi connectivity index (χ3n) is 2.71. The molecule has 0 bridgehead atoms. The SMILES string of the molecule is CCCCCCCCCCCC(C)Cl.N. The highest BCUT2D eigenvalue weighted by molar-refractivity contribution is 6.20. The van der Waals surface area contributed by atoms with Crippen molar-refractivity contribution < 1.29 is 0 Å². The molecular formula is C13H30ClN. The second kappa shape index (κ2) is 14.2. The summed E-state index contributed by atoms with van der Waals surface area (Å²) in [5.41, 5.74) is 0. The van der Waals surface area contributed by atoms with Crippen LogP contribution >= 0.6 is 11.6 Å². The third-order valence-corrected chi connectivity index (χ3v) is 2.92. The molecule has 0 fully saturated rings. The van der Waals surface area contributed by atoms with Gasteiger partial charge in [0.25, 0.3) is 0 Å². The molecule has 0 radical (unpaired) electrons. The first-order valence-electron chi connectivity index (χ1n) is 6.41. The van der Waals surface area contributed by atoms with E-state index in [1.54, 1.807) is 0 Å². The summed E-state index contributed by atoms with van der Waals surface area (Å²) in [6.07, 6.45) is 13.8. The average Bonchev–Trinajstić information content (AvgIpc) is 2.15. The van der Waals surface area contributed by atoms with Crippen molar-refractivity contribution in [3.8, 4) is 0 Å². The maximum absolute atomic E-state index is 5.88. The van der Waals surface area contributed by atoms with Crippen molar-refractivity contribution in [3.63, 3.8) is 0 Å². The summed E-state index contributed by atoms with van der Waals surface area (Å²) < 4.78 is 0. The molecule has 0 saturated heterocycles. The molecule has 0 heterocycles. The predicted molar refractivity (Wildman–Crippen MR) is 72.2 cm³/mol. The fourth-order valence-corrected chi connectivity index (χ4v) is 1.89. The van der Waals surface area contributed by atoms with Crippen LogP contribution in [-0.2, 0) is 0 Å². The van der Waals surface area contributed by atoms with Gasteiger partial charge >= 0.3 is 0 Å². The highest BCUT2D eigenvalue weighted by Crippen LogP contribution is 2.12. The van der Waals surface area contributed by atoms with Crippen molar-refractivity contribution in [2.75, 3.05) is 0 Å². The van der Waals surface area contributed by atoms with Crippen LogP contribution in [0.1, 0.15) is 78.1 Å². The maximum Gasteiger partial charge on any atom is 0.0307 e. The van der Waals surface area contributed by atoms with E-state index in [9.17, 15) is 0 Å². The van der Waals surface area contributed by atoms with Gasteiger partial charge in [0.05, 0.1) is 0 Å². The smallest absolute Gasteiger partial charge is 0.0307 e. The monoisotopic (exact) mass is 235 g/mol. The Bertz CT molecular complexity index is 105. The standard InChI is InChI=1S/C13H27Cl.H3N/c1-3-4-5-6-7-8-9-10-11-12-13(2)14;/h13H,3-12H2,1-2H3;1H3. The van der Waals surface area contributed by atoms with E-state index in [0.29, 0.717) is 5.38 Å². The van der Waals surface area contributed by atoms with Crippen LogP contribution in [0.5, 0.6) is 0 Å². The predicted octanol–water partition coefficient (Wildman–Crippen LogP) is 5.70. The van der Waals surface area contributed by atoms with Gasteiger partial charge in [0, 0.05) is 5.38 Å². The van der Waals surface area contributed by atoms with Crippen LogP contribution in [-0.4, -0.2) is 5.38 Å².